The van der Waals surface area contributed by atoms with Gasteiger partial charge >= 0.3 is 12.1 Å². The number of alkyl halides is 3. The first-order valence-corrected chi connectivity index (χ1v) is 9.47. The standard InChI is InChI=1S/C16H13F3N4O4S/c1-3-28(25,26)11-6-9(15(24)27-2)8-20-14(11)10-4-5-23-13(21-10)7-12(22-23)16(17,18)19/h4-8H,3H2,1-2H3. The van der Waals surface area contributed by atoms with Gasteiger partial charge in [0.05, 0.1) is 29.0 Å². The lowest BCUT2D eigenvalue weighted by molar-refractivity contribution is -0.141. The van der Waals surface area contributed by atoms with Gasteiger partial charge in [-0.1, -0.05) is 6.92 Å². The zero-order chi connectivity index (χ0) is 20.7. The van der Waals surface area contributed by atoms with Gasteiger partial charge in [-0.05, 0) is 12.1 Å². The first-order valence-electron chi connectivity index (χ1n) is 7.82. The molecule has 0 atom stereocenters. The van der Waals surface area contributed by atoms with Gasteiger partial charge in [-0.3, -0.25) is 4.98 Å². The smallest absolute Gasteiger partial charge is 0.435 e. The number of ether oxygens (including phenoxy) is 1. The summed E-state index contributed by atoms with van der Waals surface area (Å²) in [7, 11) is -2.69. The predicted octanol–water partition coefficient (Wildman–Crippen LogP) is 2.39. The SMILES string of the molecule is CCS(=O)(=O)c1cc(C(=O)OC)cnc1-c1ccn2nc(C(F)(F)F)cc2n1. The van der Waals surface area contributed by atoms with Crippen LogP contribution < -0.4 is 0 Å². The Bertz CT molecular complexity index is 1170. The van der Waals surface area contributed by atoms with E-state index in [0.717, 1.165) is 30.0 Å². The number of pyridine rings is 1. The molecule has 3 heterocycles. The van der Waals surface area contributed by atoms with Crippen LogP contribution in [0, 0.1) is 0 Å². The Labute approximate surface area is 156 Å². The van der Waals surface area contributed by atoms with Crippen molar-refractivity contribution < 1.29 is 31.1 Å². The van der Waals surface area contributed by atoms with Gasteiger partial charge in [0.25, 0.3) is 0 Å². The number of nitrogens with zero attached hydrogens (tertiary/aromatic N) is 4. The van der Waals surface area contributed by atoms with E-state index in [-0.39, 0.29) is 33.2 Å². The summed E-state index contributed by atoms with van der Waals surface area (Å²) >= 11 is 0. The van der Waals surface area contributed by atoms with Crippen molar-refractivity contribution in [3.05, 3.63) is 41.9 Å². The van der Waals surface area contributed by atoms with Gasteiger partial charge < -0.3 is 4.74 Å². The van der Waals surface area contributed by atoms with Crippen molar-refractivity contribution in [3.63, 3.8) is 0 Å². The number of esters is 1. The van der Waals surface area contributed by atoms with E-state index in [0.29, 0.717) is 0 Å². The fraction of sp³-hybridized carbons (Fsp3) is 0.250. The zero-order valence-electron chi connectivity index (χ0n) is 14.6. The number of sulfone groups is 1. The van der Waals surface area contributed by atoms with Crippen LogP contribution in [0.1, 0.15) is 23.0 Å². The monoisotopic (exact) mass is 414 g/mol. The number of methoxy groups -OCH3 is 1. The van der Waals surface area contributed by atoms with Gasteiger partial charge in [-0.2, -0.15) is 18.3 Å². The molecule has 0 amide bonds. The molecule has 12 heteroatoms. The Hall–Kier alpha value is -3.02. The van der Waals surface area contributed by atoms with Crippen molar-refractivity contribution in [1.82, 2.24) is 19.6 Å². The molecule has 0 aliphatic rings. The molecule has 0 bridgehead atoms. The lowest BCUT2D eigenvalue weighted by Gasteiger charge is -2.10. The third-order valence-corrected chi connectivity index (χ3v) is 5.59. The maximum atomic E-state index is 12.8. The van der Waals surface area contributed by atoms with Crippen LogP contribution in [0.15, 0.2) is 35.5 Å². The number of carbonyl (C=O) groups is 1. The van der Waals surface area contributed by atoms with Crippen molar-refractivity contribution >= 4 is 21.5 Å². The molecule has 0 saturated heterocycles. The highest BCUT2D eigenvalue weighted by Gasteiger charge is 2.34. The average Bonchev–Trinajstić information content (AvgIpc) is 3.10. The quantitative estimate of drug-likeness (QED) is 0.604. The average molecular weight is 414 g/mol. The molecule has 0 radical (unpaired) electrons. The molecule has 3 rings (SSSR count). The molecule has 0 fully saturated rings. The number of hydrogen-bond acceptors (Lipinski definition) is 7. The topological polar surface area (TPSA) is 104 Å². The van der Waals surface area contributed by atoms with Crippen molar-refractivity contribution in [3.8, 4) is 11.4 Å². The second-order valence-corrected chi connectivity index (χ2v) is 7.86. The highest BCUT2D eigenvalue weighted by Crippen LogP contribution is 2.30. The summed E-state index contributed by atoms with van der Waals surface area (Å²) in [6.45, 7) is 1.41. The predicted molar refractivity (Wildman–Crippen MR) is 90.3 cm³/mol. The van der Waals surface area contributed by atoms with E-state index in [1.54, 1.807) is 0 Å². The van der Waals surface area contributed by atoms with Crippen molar-refractivity contribution in [2.45, 2.75) is 18.0 Å². The molecular formula is C16H13F3N4O4S. The van der Waals surface area contributed by atoms with Crippen LogP contribution in [0.4, 0.5) is 13.2 Å². The Kier molecular flexibility index (Phi) is 4.83. The second kappa shape index (κ2) is 6.86. The van der Waals surface area contributed by atoms with E-state index in [9.17, 15) is 26.4 Å². The van der Waals surface area contributed by atoms with Crippen LogP contribution in [0.2, 0.25) is 0 Å². The molecule has 8 nitrogen and oxygen atoms in total. The second-order valence-electron chi connectivity index (χ2n) is 5.61. The summed E-state index contributed by atoms with van der Waals surface area (Å²) in [4.78, 5) is 19.5. The van der Waals surface area contributed by atoms with E-state index in [2.05, 4.69) is 19.8 Å². The fourth-order valence-electron chi connectivity index (χ4n) is 2.41. The highest BCUT2D eigenvalue weighted by molar-refractivity contribution is 7.91. The highest BCUT2D eigenvalue weighted by atomic mass is 32.2. The molecule has 28 heavy (non-hydrogen) atoms. The molecule has 0 aliphatic carbocycles. The molecule has 3 aromatic heterocycles. The first kappa shape index (κ1) is 19.7. The van der Waals surface area contributed by atoms with Gasteiger partial charge in [0.15, 0.2) is 21.2 Å². The van der Waals surface area contributed by atoms with Crippen LogP contribution in [0.25, 0.3) is 17.0 Å². The summed E-state index contributed by atoms with van der Waals surface area (Å²) in [5, 5.41) is 3.38. The van der Waals surface area contributed by atoms with Crippen LogP contribution in [-0.4, -0.2) is 46.8 Å². The van der Waals surface area contributed by atoms with Crippen LogP contribution >= 0.6 is 0 Å². The van der Waals surface area contributed by atoms with Crippen LogP contribution in [-0.2, 0) is 20.8 Å². The molecule has 0 saturated carbocycles. The number of hydrogen-bond donors (Lipinski definition) is 0. The van der Waals surface area contributed by atoms with E-state index in [1.807, 2.05) is 0 Å². The summed E-state index contributed by atoms with van der Waals surface area (Å²) in [5.74, 6) is -1.06. The van der Waals surface area contributed by atoms with Crippen molar-refractivity contribution in [1.29, 1.82) is 0 Å². The molecule has 0 spiro atoms. The summed E-state index contributed by atoms with van der Waals surface area (Å²) in [5.41, 5.74) is -1.42. The van der Waals surface area contributed by atoms with Crippen molar-refractivity contribution in [2.24, 2.45) is 0 Å². The van der Waals surface area contributed by atoms with E-state index < -0.39 is 27.7 Å². The number of halogens is 3. The molecule has 0 aliphatic heterocycles. The van der Waals surface area contributed by atoms with Crippen LogP contribution in [0.5, 0.6) is 0 Å². The minimum Gasteiger partial charge on any atom is -0.465 e. The third kappa shape index (κ3) is 3.54. The van der Waals surface area contributed by atoms with Gasteiger partial charge in [0.1, 0.15) is 5.69 Å². The summed E-state index contributed by atoms with van der Waals surface area (Å²) < 4.78 is 68.9. The van der Waals surface area contributed by atoms with Gasteiger partial charge in [0, 0.05) is 18.5 Å². The first-order chi connectivity index (χ1) is 13.1. The normalized spacial score (nSPS) is 12.3. The van der Waals surface area contributed by atoms with Gasteiger partial charge in [0.2, 0.25) is 0 Å². The molecule has 0 N–H and O–H groups in total. The number of carbonyl (C=O) groups excluding carboxylic acids is 1. The minimum atomic E-state index is -4.65. The Balaban J connectivity index is 2.21. The van der Waals surface area contributed by atoms with Gasteiger partial charge in [-0.25, -0.2) is 22.7 Å². The Morgan fingerprint density at radius 1 is 1.29 bits per heavy atom. The lowest BCUT2D eigenvalue weighted by Crippen LogP contribution is -2.11. The third-order valence-electron chi connectivity index (χ3n) is 3.85. The molecule has 0 aromatic carbocycles. The maximum Gasteiger partial charge on any atom is 0.435 e. The Morgan fingerprint density at radius 3 is 2.61 bits per heavy atom. The zero-order valence-corrected chi connectivity index (χ0v) is 15.4. The van der Waals surface area contributed by atoms with Crippen molar-refractivity contribution in [2.75, 3.05) is 12.9 Å². The van der Waals surface area contributed by atoms with Gasteiger partial charge in [-0.15, -0.1) is 0 Å². The van der Waals surface area contributed by atoms with Crippen LogP contribution in [0.3, 0.4) is 0 Å². The number of rotatable bonds is 4. The largest absolute Gasteiger partial charge is 0.465 e. The maximum absolute atomic E-state index is 12.8. The van der Waals surface area contributed by atoms with E-state index >= 15 is 0 Å². The van der Waals surface area contributed by atoms with E-state index in [1.165, 1.54) is 19.2 Å². The lowest BCUT2D eigenvalue weighted by atomic mass is 10.2. The van der Waals surface area contributed by atoms with E-state index in [4.69, 9.17) is 0 Å². The molecule has 3 aromatic rings. The fourth-order valence-corrected chi connectivity index (χ4v) is 3.48. The minimum absolute atomic E-state index is 0.0181. The number of aromatic nitrogens is 4. The summed E-state index contributed by atoms with van der Waals surface area (Å²) in [6, 6.07) is 3.13. The Morgan fingerprint density at radius 2 is 2.00 bits per heavy atom. The molecule has 148 valence electrons. The molecular weight excluding hydrogens is 401 g/mol. The number of fused-ring (bicyclic) bond motifs is 1. The molecule has 0 unspecified atom stereocenters. The summed E-state index contributed by atoms with van der Waals surface area (Å²) in [6.07, 6.45) is -2.32.